The van der Waals surface area contributed by atoms with Gasteiger partial charge in [-0.05, 0) is 31.4 Å². The second-order valence-corrected chi connectivity index (χ2v) is 4.95. The number of nitrogens with one attached hydrogen (secondary N) is 2. The SMILES string of the molecule is Cc1ccc(CNC(=O)CNC2CCCC2)cn1. The van der Waals surface area contributed by atoms with E-state index in [0.717, 1.165) is 11.3 Å². The fourth-order valence-electron chi connectivity index (χ4n) is 2.23. The number of aromatic nitrogens is 1. The Bertz CT molecular complexity index is 383. The lowest BCUT2D eigenvalue weighted by atomic mass is 10.2. The summed E-state index contributed by atoms with van der Waals surface area (Å²) in [6.45, 7) is 2.93. The summed E-state index contributed by atoms with van der Waals surface area (Å²) in [6, 6.07) is 4.49. The van der Waals surface area contributed by atoms with Crippen LogP contribution in [0.25, 0.3) is 0 Å². The number of carbonyl (C=O) groups excluding carboxylic acids is 1. The molecular weight excluding hydrogens is 226 g/mol. The van der Waals surface area contributed by atoms with Crippen LogP contribution in [0.3, 0.4) is 0 Å². The van der Waals surface area contributed by atoms with Crippen molar-refractivity contribution in [1.82, 2.24) is 15.6 Å². The molecule has 0 atom stereocenters. The first kappa shape index (κ1) is 13.0. The van der Waals surface area contributed by atoms with E-state index in [1.165, 1.54) is 25.7 Å². The van der Waals surface area contributed by atoms with Gasteiger partial charge >= 0.3 is 0 Å². The molecule has 98 valence electrons. The van der Waals surface area contributed by atoms with E-state index in [9.17, 15) is 4.79 Å². The van der Waals surface area contributed by atoms with Crippen molar-refractivity contribution in [3.63, 3.8) is 0 Å². The summed E-state index contributed by atoms with van der Waals surface area (Å²) in [5.41, 5.74) is 2.03. The van der Waals surface area contributed by atoms with Crippen LogP contribution in [0.5, 0.6) is 0 Å². The van der Waals surface area contributed by atoms with Gasteiger partial charge in [0, 0.05) is 24.5 Å². The molecule has 0 radical (unpaired) electrons. The topological polar surface area (TPSA) is 54.0 Å². The Morgan fingerprint density at radius 1 is 1.39 bits per heavy atom. The van der Waals surface area contributed by atoms with E-state index in [4.69, 9.17) is 0 Å². The fraction of sp³-hybridized carbons (Fsp3) is 0.571. The highest BCUT2D eigenvalue weighted by atomic mass is 16.1. The van der Waals surface area contributed by atoms with E-state index in [0.29, 0.717) is 19.1 Å². The molecule has 0 unspecified atom stereocenters. The van der Waals surface area contributed by atoms with Gasteiger partial charge in [-0.2, -0.15) is 0 Å². The molecular formula is C14H21N3O. The molecule has 0 aliphatic heterocycles. The van der Waals surface area contributed by atoms with Gasteiger partial charge in [-0.1, -0.05) is 18.9 Å². The van der Waals surface area contributed by atoms with Crippen molar-refractivity contribution in [2.24, 2.45) is 0 Å². The zero-order valence-electron chi connectivity index (χ0n) is 10.9. The van der Waals surface area contributed by atoms with Crippen LogP contribution < -0.4 is 10.6 Å². The molecule has 1 saturated carbocycles. The quantitative estimate of drug-likeness (QED) is 0.830. The molecule has 1 aromatic rings. The van der Waals surface area contributed by atoms with Gasteiger partial charge in [0.1, 0.15) is 0 Å². The van der Waals surface area contributed by atoms with Crippen molar-refractivity contribution in [3.05, 3.63) is 29.6 Å². The third kappa shape index (κ3) is 4.11. The Kier molecular flexibility index (Phi) is 4.70. The Morgan fingerprint density at radius 2 is 2.17 bits per heavy atom. The molecule has 2 rings (SSSR count). The van der Waals surface area contributed by atoms with Gasteiger partial charge in [-0.25, -0.2) is 0 Å². The minimum atomic E-state index is 0.0578. The summed E-state index contributed by atoms with van der Waals surface area (Å²) in [4.78, 5) is 15.8. The molecule has 0 bridgehead atoms. The maximum atomic E-state index is 11.6. The van der Waals surface area contributed by atoms with E-state index >= 15 is 0 Å². The molecule has 0 saturated heterocycles. The van der Waals surface area contributed by atoms with Gasteiger partial charge < -0.3 is 10.6 Å². The van der Waals surface area contributed by atoms with Gasteiger partial charge in [0.25, 0.3) is 0 Å². The highest BCUT2D eigenvalue weighted by molar-refractivity contribution is 5.77. The van der Waals surface area contributed by atoms with Crippen LogP contribution in [0.2, 0.25) is 0 Å². The van der Waals surface area contributed by atoms with Gasteiger partial charge in [0.05, 0.1) is 6.54 Å². The number of nitrogens with zero attached hydrogens (tertiary/aromatic N) is 1. The molecule has 18 heavy (non-hydrogen) atoms. The van der Waals surface area contributed by atoms with Crippen molar-refractivity contribution in [1.29, 1.82) is 0 Å². The van der Waals surface area contributed by atoms with E-state index in [1.54, 1.807) is 6.20 Å². The van der Waals surface area contributed by atoms with Crippen molar-refractivity contribution in [2.75, 3.05) is 6.54 Å². The van der Waals surface area contributed by atoms with Crippen LogP contribution in [-0.2, 0) is 11.3 Å². The third-order valence-corrected chi connectivity index (χ3v) is 3.37. The number of hydrogen-bond donors (Lipinski definition) is 2. The average molecular weight is 247 g/mol. The summed E-state index contributed by atoms with van der Waals surface area (Å²) in [5.74, 6) is 0.0578. The van der Waals surface area contributed by atoms with E-state index in [2.05, 4.69) is 15.6 Å². The smallest absolute Gasteiger partial charge is 0.234 e. The third-order valence-electron chi connectivity index (χ3n) is 3.37. The van der Waals surface area contributed by atoms with Crippen LogP contribution in [0, 0.1) is 6.92 Å². The highest BCUT2D eigenvalue weighted by Gasteiger charge is 2.14. The summed E-state index contributed by atoms with van der Waals surface area (Å²) < 4.78 is 0. The second-order valence-electron chi connectivity index (χ2n) is 4.95. The van der Waals surface area contributed by atoms with Crippen molar-refractivity contribution in [2.45, 2.75) is 45.2 Å². The summed E-state index contributed by atoms with van der Waals surface area (Å²) in [6.07, 6.45) is 6.78. The van der Waals surface area contributed by atoms with E-state index in [-0.39, 0.29) is 5.91 Å². The number of amides is 1. The Morgan fingerprint density at radius 3 is 2.83 bits per heavy atom. The first-order valence-corrected chi connectivity index (χ1v) is 6.65. The number of aryl methyl sites for hydroxylation is 1. The van der Waals surface area contributed by atoms with E-state index < -0.39 is 0 Å². The summed E-state index contributed by atoms with van der Waals surface area (Å²) >= 11 is 0. The first-order chi connectivity index (χ1) is 8.74. The minimum Gasteiger partial charge on any atom is -0.351 e. The van der Waals surface area contributed by atoms with Crippen molar-refractivity contribution < 1.29 is 4.79 Å². The lowest BCUT2D eigenvalue weighted by Gasteiger charge is -2.11. The van der Waals surface area contributed by atoms with Gasteiger partial charge in [0.2, 0.25) is 5.91 Å². The normalized spacial score (nSPS) is 15.8. The molecule has 0 spiro atoms. The first-order valence-electron chi connectivity index (χ1n) is 6.65. The monoisotopic (exact) mass is 247 g/mol. The van der Waals surface area contributed by atoms with Gasteiger partial charge in [0.15, 0.2) is 0 Å². The van der Waals surface area contributed by atoms with Crippen LogP contribution in [0.4, 0.5) is 0 Å². The van der Waals surface area contributed by atoms with Crippen molar-refractivity contribution >= 4 is 5.91 Å². The molecule has 4 nitrogen and oxygen atoms in total. The Hall–Kier alpha value is -1.42. The molecule has 1 amide bonds. The number of hydrogen-bond acceptors (Lipinski definition) is 3. The predicted molar refractivity (Wildman–Crippen MR) is 71.1 cm³/mol. The largest absolute Gasteiger partial charge is 0.351 e. The van der Waals surface area contributed by atoms with Gasteiger partial charge in [-0.3, -0.25) is 9.78 Å². The molecule has 0 aromatic carbocycles. The lowest BCUT2D eigenvalue weighted by Crippen LogP contribution is -2.37. The molecule has 1 fully saturated rings. The molecule has 1 heterocycles. The van der Waals surface area contributed by atoms with Crippen LogP contribution in [-0.4, -0.2) is 23.5 Å². The minimum absolute atomic E-state index is 0.0578. The number of pyridine rings is 1. The average Bonchev–Trinajstić information content (AvgIpc) is 2.89. The summed E-state index contributed by atoms with van der Waals surface area (Å²) in [7, 11) is 0. The Balaban J connectivity index is 1.66. The zero-order chi connectivity index (χ0) is 12.8. The predicted octanol–water partition coefficient (Wildman–Crippen LogP) is 1.54. The van der Waals surface area contributed by atoms with Crippen molar-refractivity contribution in [3.8, 4) is 0 Å². The van der Waals surface area contributed by atoms with Gasteiger partial charge in [-0.15, -0.1) is 0 Å². The number of rotatable bonds is 5. The second kappa shape index (κ2) is 6.50. The van der Waals surface area contributed by atoms with Crippen LogP contribution in [0.15, 0.2) is 18.3 Å². The molecule has 1 aromatic heterocycles. The molecule has 4 heteroatoms. The number of carbonyl (C=O) groups is 1. The molecule has 1 aliphatic carbocycles. The van der Waals surface area contributed by atoms with E-state index in [1.807, 2.05) is 19.1 Å². The molecule has 2 N–H and O–H groups in total. The van der Waals surface area contributed by atoms with Crippen LogP contribution >= 0.6 is 0 Å². The standard InChI is InChI=1S/C14H21N3O/c1-11-6-7-12(8-15-11)9-17-14(18)10-16-13-4-2-3-5-13/h6-8,13,16H,2-5,9-10H2,1H3,(H,17,18). The molecule has 1 aliphatic rings. The lowest BCUT2D eigenvalue weighted by molar-refractivity contribution is -0.120. The fourth-order valence-corrected chi connectivity index (χ4v) is 2.23. The zero-order valence-corrected chi connectivity index (χ0v) is 10.9. The Labute approximate surface area is 108 Å². The van der Waals surface area contributed by atoms with Crippen LogP contribution in [0.1, 0.15) is 36.9 Å². The summed E-state index contributed by atoms with van der Waals surface area (Å²) in [5, 5.41) is 6.20. The maximum absolute atomic E-state index is 11.6. The maximum Gasteiger partial charge on any atom is 0.234 e. The highest BCUT2D eigenvalue weighted by Crippen LogP contribution is 2.17.